The van der Waals surface area contributed by atoms with Crippen LogP contribution in [-0.4, -0.2) is 64.6 Å². The molecule has 3 heterocycles. The topological polar surface area (TPSA) is 77.2 Å². The van der Waals surface area contributed by atoms with E-state index in [4.69, 9.17) is 4.98 Å². The number of benzene rings is 2. The normalized spacial score (nSPS) is 14.4. The first-order chi connectivity index (χ1) is 16.6. The number of aromatic amines is 1. The van der Waals surface area contributed by atoms with E-state index < -0.39 is 0 Å². The zero-order valence-corrected chi connectivity index (χ0v) is 19.7. The number of carbonyl (C=O) groups is 1. The summed E-state index contributed by atoms with van der Waals surface area (Å²) in [5.74, 6) is 0.0990. The number of rotatable bonds is 7. The second kappa shape index (κ2) is 9.75. The summed E-state index contributed by atoms with van der Waals surface area (Å²) in [5.41, 5.74) is 6.10. The van der Waals surface area contributed by atoms with Crippen LogP contribution in [-0.2, 0) is 17.8 Å². The van der Waals surface area contributed by atoms with Crippen LogP contribution in [0.25, 0.3) is 22.3 Å². The molecule has 0 radical (unpaired) electrons. The number of nitrogens with zero attached hydrogens (tertiary/aromatic N) is 4. The van der Waals surface area contributed by atoms with E-state index in [0.29, 0.717) is 13.1 Å². The number of aromatic nitrogens is 3. The Hall–Kier alpha value is -3.55. The molecular formula is C27H30N6O. The van der Waals surface area contributed by atoms with Crippen LogP contribution in [0, 0.1) is 0 Å². The van der Waals surface area contributed by atoms with Crippen molar-refractivity contribution in [1.82, 2.24) is 30.3 Å². The van der Waals surface area contributed by atoms with Gasteiger partial charge in [0, 0.05) is 42.7 Å². The fourth-order valence-electron chi connectivity index (χ4n) is 4.67. The van der Waals surface area contributed by atoms with Gasteiger partial charge in [0.15, 0.2) is 5.65 Å². The smallest absolute Gasteiger partial charge is 0.244 e. The minimum absolute atomic E-state index is 0.0990. The first kappa shape index (κ1) is 22.3. The van der Waals surface area contributed by atoms with E-state index in [1.165, 1.54) is 5.56 Å². The minimum Gasteiger partial charge on any atom is -0.336 e. The summed E-state index contributed by atoms with van der Waals surface area (Å²) in [6.07, 6.45) is 2.63. The van der Waals surface area contributed by atoms with E-state index in [1.807, 2.05) is 73.7 Å². The number of carbonyl (C=O) groups excluding carboxylic acids is 1. The van der Waals surface area contributed by atoms with Gasteiger partial charge in [-0.1, -0.05) is 60.7 Å². The summed E-state index contributed by atoms with van der Waals surface area (Å²) in [7, 11) is 4.08. The Bertz CT molecular complexity index is 1270. The summed E-state index contributed by atoms with van der Waals surface area (Å²) in [6, 6.07) is 19.8. The first-order valence-corrected chi connectivity index (χ1v) is 11.7. The molecule has 1 amide bonds. The van der Waals surface area contributed by atoms with Crippen LogP contribution in [0.1, 0.15) is 22.7 Å². The summed E-state index contributed by atoms with van der Waals surface area (Å²) in [4.78, 5) is 22.9. The lowest BCUT2D eigenvalue weighted by molar-refractivity contribution is -0.134. The van der Waals surface area contributed by atoms with Crippen molar-refractivity contribution in [1.29, 1.82) is 0 Å². The molecule has 1 unspecified atom stereocenters. The molecule has 7 nitrogen and oxygen atoms in total. The Balaban J connectivity index is 1.48. The van der Waals surface area contributed by atoms with Gasteiger partial charge in [-0.15, -0.1) is 0 Å². The molecule has 2 N–H and O–H groups in total. The molecular weight excluding hydrogens is 424 g/mol. The lowest BCUT2D eigenvalue weighted by atomic mass is 9.92. The predicted octanol–water partition coefficient (Wildman–Crippen LogP) is 3.40. The third-order valence-corrected chi connectivity index (χ3v) is 6.45. The van der Waals surface area contributed by atoms with Crippen molar-refractivity contribution < 1.29 is 4.79 Å². The molecule has 0 saturated heterocycles. The Morgan fingerprint density at radius 3 is 2.56 bits per heavy atom. The maximum absolute atomic E-state index is 13.9. The largest absolute Gasteiger partial charge is 0.336 e. The van der Waals surface area contributed by atoms with Gasteiger partial charge >= 0.3 is 0 Å². The lowest BCUT2D eigenvalue weighted by Crippen LogP contribution is -2.44. The summed E-state index contributed by atoms with van der Waals surface area (Å²) < 4.78 is 0. The van der Waals surface area contributed by atoms with Gasteiger partial charge in [0.1, 0.15) is 6.04 Å². The fourth-order valence-corrected chi connectivity index (χ4v) is 4.67. The van der Waals surface area contributed by atoms with Crippen LogP contribution in [0.2, 0.25) is 0 Å². The van der Waals surface area contributed by atoms with Crippen molar-refractivity contribution in [2.75, 3.05) is 33.7 Å². The molecule has 0 bridgehead atoms. The Kier molecular flexibility index (Phi) is 6.38. The second-order valence-electron chi connectivity index (χ2n) is 9.03. The van der Waals surface area contributed by atoms with Crippen LogP contribution in [0.5, 0.6) is 0 Å². The molecule has 0 spiro atoms. The van der Waals surface area contributed by atoms with E-state index in [1.54, 1.807) is 0 Å². The summed E-state index contributed by atoms with van der Waals surface area (Å²) >= 11 is 0. The molecule has 1 aliphatic rings. The number of nitrogens with one attached hydrogen (secondary N) is 2. The molecule has 0 saturated carbocycles. The zero-order chi connectivity index (χ0) is 23.5. The molecule has 34 heavy (non-hydrogen) atoms. The Labute approximate surface area is 199 Å². The number of hydrogen-bond acceptors (Lipinski definition) is 5. The van der Waals surface area contributed by atoms with Gasteiger partial charge in [0.05, 0.1) is 11.9 Å². The molecule has 7 heteroatoms. The van der Waals surface area contributed by atoms with Crippen LogP contribution >= 0.6 is 0 Å². The summed E-state index contributed by atoms with van der Waals surface area (Å²) in [5, 5.41) is 11.8. The number of H-pyrrole nitrogens is 1. The lowest BCUT2D eigenvalue weighted by Gasteiger charge is -2.33. The molecule has 0 aliphatic carbocycles. The SMILES string of the molecule is CN(C)CCNC(C(=O)N1CCc2c(c(-c3ccccc3)nc3[nH]ncc23)C1)c1ccccc1. The fraction of sp³-hybridized carbons (Fsp3) is 0.296. The van der Waals surface area contributed by atoms with Gasteiger partial charge in [0.25, 0.3) is 0 Å². The average molecular weight is 455 g/mol. The summed E-state index contributed by atoms with van der Waals surface area (Å²) in [6.45, 7) is 2.80. The molecule has 2 aromatic heterocycles. The Morgan fingerprint density at radius 1 is 1.09 bits per heavy atom. The first-order valence-electron chi connectivity index (χ1n) is 11.7. The van der Waals surface area contributed by atoms with Crippen LogP contribution < -0.4 is 5.32 Å². The number of amides is 1. The van der Waals surface area contributed by atoms with Gasteiger partial charge in [-0.3, -0.25) is 9.89 Å². The Morgan fingerprint density at radius 2 is 1.82 bits per heavy atom. The van der Waals surface area contributed by atoms with E-state index in [-0.39, 0.29) is 11.9 Å². The number of pyridine rings is 1. The van der Waals surface area contributed by atoms with E-state index in [0.717, 1.165) is 52.9 Å². The van der Waals surface area contributed by atoms with E-state index in [2.05, 4.69) is 32.5 Å². The van der Waals surface area contributed by atoms with E-state index >= 15 is 0 Å². The second-order valence-corrected chi connectivity index (χ2v) is 9.03. The van der Waals surface area contributed by atoms with Crippen LogP contribution in [0.15, 0.2) is 66.9 Å². The van der Waals surface area contributed by atoms with Crippen molar-refractivity contribution in [3.63, 3.8) is 0 Å². The monoisotopic (exact) mass is 454 g/mol. The highest BCUT2D eigenvalue weighted by molar-refractivity contribution is 5.87. The number of fused-ring (bicyclic) bond motifs is 3. The molecule has 5 rings (SSSR count). The molecule has 2 aromatic carbocycles. The number of hydrogen-bond donors (Lipinski definition) is 2. The molecule has 0 fully saturated rings. The average Bonchev–Trinajstić information content (AvgIpc) is 3.35. The predicted molar refractivity (Wildman–Crippen MR) is 134 cm³/mol. The van der Waals surface area contributed by atoms with Crippen LogP contribution in [0.3, 0.4) is 0 Å². The third-order valence-electron chi connectivity index (χ3n) is 6.45. The van der Waals surface area contributed by atoms with Gasteiger partial charge < -0.3 is 15.1 Å². The van der Waals surface area contributed by atoms with Crippen molar-refractivity contribution in [3.05, 3.63) is 83.6 Å². The van der Waals surface area contributed by atoms with E-state index in [9.17, 15) is 4.79 Å². The molecule has 4 aromatic rings. The zero-order valence-electron chi connectivity index (χ0n) is 19.7. The highest BCUT2D eigenvalue weighted by atomic mass is 16.2. The number of likely N-dealkylation sites (N-methyl/N-ethyl adjacent to an activating group) is 1. The molecule has 1 atom stereocenters. The molecule has 1 aliphatic heterocycles. The molecule has 174 valence electrons. The van der Waals surface area contributed by atoms with Crippen molar-refractivity contribution in [2.24, 2.45) is 0 Å². The third kappa shape index (κ3) is 4.44. The van der Waals surface area contributed by atoms with Gasteiger partial charge in [-0.2, -0.15) is 5.10 Å². The van der Waals surface area contributed by atoms with Gasteiger partial charge in [-0.25, -0.2) is 4.98 Å². The quantitative estimate of drug-likeness (QED) is 0.448. The highest BCUT2D eigenvalue weighted by Gasteiger charge is 2.31. The van der Waals surface area contributed by atoms with Crippen molar-refractivity contribution >= 4 is 16.9 Å². The van der Waals surface area contributed by atoms with Crippen molar-refractivity contribution in [3.8, 4) is 11.3 Å². The highest BCUT2D eigenvalue weighted by Crippen LogP contribution is 2.34. The maximum Gasteiger partial charge on any atom is 0.244 e. The van der Waals surface area contributed by atoms with Crippen molar-refractivity contribution in [2.45, 2.75) is 19.0 Å². The minimum atomic E-state index is -0.381. The van der Waals surface area contributed by atoms with Gasteiger partial charge in [-0.05, 0) is 31.6 Å². The van der Waals surface area contributed by atoms with Gasteiger partial charge in [0.2, 0.25) is 5.91 Å². The van der Waals surface area contributed by atoms with Crippen LogP contribution in [0.4, 0.5) is 0 Å². The standard InChI is InChI=1S/C27H30N6O/c1-32(2)16-14-28-25(20-11-7-4-8-12-20)27(34)33-15-13-21-22-17-29-31-26(22)30-24(23(21)18-33)19-9-5-3-6-10-19/h3-12,17,25,28H,13-16,18H2,1-2H3,(H,29,30,31). The maximum atomic E-state index is 13.9.